The minimum absolute atomic E-state index is 0.0724. The molecule has 0 bridgehead atoms. The molecular weight excluding hydrogens is 256 g/mol. The summed E-state index contributed by atoms with van der Waals surface area (Å²) in [4.78, 5) is 27.0. The van der Waals surface area contributed by atoms with Crippen molar-refractivity contribution in [3.05, 3.63) is 21.9 Å². The van der Waals surface area contributed by atoms with Crippen LogP contribution in [0.15, 0.2) is 11.4 Å². The molecule has 0 aliphatic carbocycles. The molecule has 98 valence electrons. The van der Waals surface area contributed by atoms with E-state index in [0.717, 1.165) is 0 Å². The van der Waals surface area contributed by atoms with Crippen molar-refractivity contribution in [2.45, 2.75) is 13.0 Å². The summed E-state index contributed by atoms with van der Waals surface area (Å²) >= 11 is 1.26. The van der Waals surface area contributed by atoms with Crippen LogP contribution in [0.2, 0.25) is 0 Å². The second-order valence-electron chi connectivity index (χ2n) is 3.40. The van der Waals surface area contributed by atoms with Crippen LogP contribution in [0.3, 0.4) is 0 Å². The molecule has 0 saturated carbocycles. The predicted molar refractivity (Wildman–Crippen MR) is 67.0 cm³/mol. The van der Waals surface area contributed by atoms with Crippen molar-refractivity contribution in [2.75, 3.05) is 7.05 Å². The Hall–Kier alpha value is -1.93. The average Bonchev–Trinajstić information content (AvgIpc) is 2.83. The summed E-state index contributed by atoms with van der Waals surface area (Å²) in [5.74, 6) is -0.919. The molecule has 1 heterocycles. The van der Waals surface area contributed by atoms with Gasteiger partial charge in [0, 0.05) is 29.8 Å². The fourth-order valence-corrected chi connectivity index (χ4v) is 2.01. The van der Waals surface area contributed by atoms with Crippen LogP contribution in [0.1, 0.15) is 23.4 Å². The molecule has 0 saturated heterocycles. The fourth-order valence-electron chi connectivity index (χ4n) is 1.11. The zero-order valence-corrected chi connectivity index (χ0v) is 10.8. The van der Waals surface area contributed by atoms with Crippen molar-refractivity contribution in [2.24, 2.45) is 5.73 Å². The van der Waals surface area contributed by atoms with Crippen LogP contribution in [0.5, 0.6) is 0 Å². The number of nitrogens with two attached hydrogens (primary N) is 1. The highest BCUT2D eigenvalue weighted by Gasteiger charge is 2.17. The lowest BCUT2D eigenvalue weighted by Gasteiger charge is -2.07. The summed E-state index contributed by atoms with van der Waals surface area (Å²) in [5, 5.41) is 11.7. The van der Waals surface area contributed by atoms with Crippen LogP contribution in [-0.2, 0) is 14.4 Å². The minimum atomic E-state index is -0.768. The molecule has 0 aliphatic rings. The van der Waals surface area contributed by atoms with E-state index in [-0.39, 0.29) is 11.7 Å². The van der Waals surface area contributed by atoms with Gasteiger partial charge < -0.3 is 15.9 Å². The molecule has 1 rings (SSSR count). The van der Waals surface area contributed by atoms with Gasteiger partial charge in [-0.05, 0) is 6.07 Å². The first-order chi connectivity index (χ1) is 8.45. The number of carbonyl (C=O) groups is 2. The Morgan fingerprint density at radius 2 is 2.22 bits per heavy atom. The number of rotatable bonds is 3. The van der Waals surface area contributed by atoms with Gasteiger partial charge in [0.1, 0.15) is 6.04 Å². The lowest BCUT2D eigenvalue weighted by Crippen LogP contribution is -2.30. The Morgan fingerprint density at radius 1 is 1.56 bits per heavy atom. The molecule has 0 radical (unpaired) electrons. The third-order valence-corrected chi connectivity index (χ3v) is 3.06. The van der Waals surface area contributed by atoms with Gasteiger partial charge in [-0.2, -0.15) is 0 Å². The fraction of sp³-hybridized carbons (Fsp3) is 0.300. The molecule has 1 aromatic heterocycles. The third-order valence-electron chi connectivity index (χ3n) is 2.04. The molecule has 1 amide bonds. The first kappa shape index (κ1) is 14.1. The van der Waals surface area contributed by atoms with Gasteiger partial charge in [0.05, 0.1) is 0 Å². The van der Waals surface area contributed by atoms with E-state index in [0.29, 0.717) is 10.4 Å². The topological polar surface area (TPSA) is 117 Å². The molecule has 7 nitrogen and oxygen atoms in total. The molecule has 0 fully saturated rings. The van der Waals surface area contributed by atoms with Gasteiger partial charge in [-0.15, -0.1) is 11.3 Å². The largest absolute Gasteiger partial charge is 0.357 e. The maximum Gasteiger partial charge on any atom is 0.329 e. The van der Waals surface area contributed by atoms with Crippen LogP contribution < -0.4 is 16.5 Å². The zero-order valence-electron chi connectivity index (χ0n) is 9.94. The van der Waals surface area contributed by atoms with Crippen LogP contribution in [-0.4, -0.2) is 24.8 Å². The van der Waals surface area contributed by atoms with Crippen molar-refractivity contribution < 1.29 is 14.4 Å². The molecule has 1 atom stereocenters. The second-order valence-corrected chi connectivity index (χ2v) is 4.34. The van der Waals surface area contributed by atoms with E-state index < -0.39 is 12.0 Å². The van der Waals surface area contributed by atoms with E-state index in [2.05, 4.69) is 15.6 Å². The number of hydroxylamine groups is 1. The van der Waals surface area contributed by atoms with Gasteiger partial charge >= 0.3 is 5.97 Å². The molecule has 0 aliphatic heterocycles. The van der Waals surface area contributed by atoms with E-state index in [1.165, 1.54) is 25.3 Å². The lowest BCUT2D eigenvalue weighted by atomic mass is 10.2. The van der Waals surface area contributed by atoms with Crippen molar-refractivity contribution in [1.29, 1.82) is 5.41 Å². The quantitative estimate of drug-likeness (QED) is 0.347. The van der Waals surface area contributed by atoms with E-state index >= 15 is 0 Å². The number of carbonyl (C=O) groups excluding carboxylic acids is 2. The molecule has 0 aromatic carbocycles. The smallest absolute Gasteiger partial charge is 0.329 e. The third kappa shape index (κ3) is 3.54. The summed E-state index contributed by atoms with van der Waals surface area (Å²) in [6.07, 6.45) is 0. The van der Waals surface area contributed by atoms with E-state index in [1.54, 1.807) is 11.4 Å². The Kier molecular flexibility index (Phi) is 4.81. The Bertz CT molecular complexity index is 471. The predicted octanol–water partition coefficient (Wildman–Crippen LogP) is -0.113. The maximum atomic E-state index is 11.3. The molecular formula is C10H14N4O3S. The number of hydrogen-bond acceptors (Lipinski definition) is 6. The number of amides is 1. The Morgan fingerprint density at radius 3 is 2.78 bits per heavy atom. The maximum absolute atomic E-state index is 11.3. The number of likely N-dealkylation sites (N-methyl/N-ethyl adjacent to an activating group) is 1. The highest BCUT2D eigenvalue weighted by Crippen LogP contribution is 2.20. The molecule has 0 spiro atoms. The number of nitrogens with one attached hydrogen (secondary N) is 3. The molecule has 18 heavy (non-hydrogen) atoms. The Balaban J connectivity index is 2.71. The van der Waals surface area contributed by atoms with Crippen LogP contribution in [0.4, 0.5) is 0 Å². The monoisotopic (exact) mass is 270 g/mol. The average molecular weight is 270 g/mol. The highest BCUT2D eigenvalue weighted by atomic mass is 32.1. The van der Waals surface area contributed by atoms with Crippen LogP contribution >= 0.6 is 11.3 Å². The van der Waals surface area contributed by atoms with Crippen molar-refractivity contribution in [3.8, 4) is 0 Å². The summed E-state index contributed by atoms with van der Waals surface area (Å²) in [6, 6.07) is 0.832. The molecule has 1 aromatic rings. The van der Waals surface area contributed by atoms with E-state index in [4.69, 9.17) is 11.1 Å². The number of thiophene rings is 1. The first-order valence-corrected chi connectivity index (χ1v) is 5.91. The number of amidine groups is 1. The van der Waals surface area contributed by atoms with Crippen LogP contribution in [0.25, 0.3) is 0 Å². The standard InChI is InChI=1S/C10H14N4O3S/c1-5(15)17-14-9(12)6-3-7(18-4-6)8(11)10(16)13-2/h3-4,8H,11H2,1-2H3,(H2,12,14)(H,13,16). The van der Waals surface area contributed by atoms with Crippen molar-refractivity contribution in [1.82, 2.24) is 10.8 Å². The molecule has 8 heteroatoms. The Labute approximate surface area is 108 Å². The lowest BCUT2D eigenvalue weighted by molar-refractivity contribution is -0.145. The summed E-state index contributed by atoms with van der Waals surface area (Å²) < 4.78 is 0. The summed E-state index contributed by atoms with van der Waals surface area (Å²) in [6.45, 7) is 1.22. The normalized spacial score (nSPS) is 11.5. The molecule has 1 unspecified atom stereocenters. The highest BCUT2D eigenvalue weighted by molar-refractivity contribution is 7.10. The first-order valence-electron chi connectivity index (χ1n) is 5.03. The zero-order chi connectivity index (χ0) is 13.7. The van der Waals surface area contributed by atoms with Gasteiger partial charge in [0.2, 0.25) is 5.91 Å². The van der Waals surface area contributed by atoms with Gasteiger partial charge in [-0.1, -0.05) is 0 Å². The molecule has 5 N–H and O–H groups in total. The van der Waals surface area contributed by atoms with Gasteiger partial charge in [-0.25, -0.2) is 5.48 Å². The van der Waals surface area contributed by atoms with Gasteiger partial charge in [-0.3, -0.25) is 15.0 Å². The van der Waals surface area contributed by atoms with E-state index in [1.807, 2.05) is 0 Å². The second kappa shape index (κ2) is 6.12. The van der Waals surface area contributed by atoms with Crippen molar-refractivity contribution in [3.63, 3.8) is 0 Å². The summed E-state index contributed by atoms with van der Waals surface area (Å²) in [7, 11) is 1.50. The minimum Gasteiger partial charge on any atom is -0.357 e. The SMILES string of the molecule is CNC(=O)C(N)c1cc(C(=N)NOC(C)=O)cs1. The van der Waals surface area contributed by atoms with E-state index in [9.17, 15) is 9.59 Å². The number of hydrogen-bond donors (Lipinski definition) is 4. The van der Waals surface area contributed by atoms with Crippen molar-refractivity contribution >= 4 is 29.0 Å². The summed E-state index contributed by atoms with van der Waals surface area (Å²) in [5.41, 5.74) is 8.40. The van der Waals surface area contributed by atoms with Gasteiger partial charge in [0.15, 0.2) is 5.84 Å². The van der Waals surface area contributed by atoms with Crippen LogP contribution in [0, 0.1) is 5.41 Å². The van der Waals surface area contributed by atoms with Gasteiger partial charge in [0.25, 0.3) is 0 Å².